The first kappa shape index (κ1) is 19.3. The van der Waals surface area contributed by atoms with Crippen LogP contribution in [0.25, 0.3) is 0 Å². The van der Waals surface area contributed by atoms with Crippen molar-refractivity contribution < 1.29 is 9.47 Å². The summed E-state index contributed by atoms with van der Waals surface area (Å²) in [5.41, 5.74) is 3.97. The van der Waals surface area contributed by atoms with Gasteiger partial charge in [0.2, 0.25) is 0 Å². The average molecular weight is 364 g/mol. The zero-order valence-corrected chi connectivity index (χ0v) is 16.3. The fourth-order valence-electron chi connectivity index (χ4n) is 3.53. The zero-order chi connectivity index (χ0) is 19.1. The number of hydrogen-bond acceptors (Lipinski definition) is 3. The van der Waals surface area contributed by atoms with E-state index >= 15 is 0 Å². The van der Waals surface area contributed by atoms with E-state index in [1.165, 1.54) is 16.7 Å². The lowest BCUT2D eigenvalue weighted by Crippen LogP contribution is -2.19. The van der Waals surface area contributed by atoms with Crippen LogP contribution in [-0.2, 0) is 6.42 Å². The van der Waals surface area contributed by atoms with Crippen LogP contribution in [0.3, 0.4) is 0 Å². The number of ether oxygens (including phenoxy) is 2. The maximum atomic E-state index is 6.04. The highest BCUT2D eigenvalue weighted by Gasteiger charge is 2.24. The summed E-state index contributed by atoms with van der Waals surface area (Å²) >= 11 is 0. The predicted octanol–water partition coefficient (Wildman–Crippen LogP) is 4.87. The topological polar surface area (TPSA) is 30.5 Å². The van der Waals surface area contributed by atoms with Gasteiger partial charge in [0.05, 0.1) is 19.8 Å². The van der Waals surface area contributed by atoms with E-state index in [0.717, 1.165) is 30.8 Å². The Morgan fingerprint density at radius 3 is 2.63 bits per heavy atom. The lowest BCUT2D eigenvalue weighted by atomic mass is 10.0. The molecule has 1 N–H and O–H groups in total. The standard InChI is InChI=1S/C24H29NO2/c1-4-15-25-23-14-13-22-21(23)7-5-8-24(22)27-17-6-16-26-20-11-9-19(10-12-20)18(2)3/h1,5,7-12,18,23,25H,6,13-17H2,2-3H3. The van der Waals surface area contributed by atoms with Crippen molar-refractivity contribution in [2.45, 2.75) is 45.1 Å². The van der Waals surface area contributed by atoms with Gasteiger partial charge >= 0.3 is 0 Å². The SMILES string of the molecule is C#CCNC1CCc2c(OCCCOc3ccc(C(C)C)cc3)cccc21. The molecule has 0 fully saturated rings. The molecular weight excluding hydrogens is 334 g/mol. The highest BCUT2D eigenvalue weighted by Crippen LogP contribution is 2.36. The van der Waals surface area contributed by atoms with Gasteiger partial charge in [-0.25, -0.2) is 0 Å². The minimum atomic E-state index is 0.344. The van der Waals surface area contributed by atoms with E-state index in [4.69, 9.17) is 15.9 Å². The molecule has 0 aliphatic heterocycles. The molecule has 0 aromatic heterocycles. The lowest BCUT2D eigenvalue weighted by molar-refractivity contribution is 0.246. The van der Waals surface area contributed by atoms with Crippen LogP contribution in [0.4, 0.5) is 0 Å². The van der Waals surface area contributed by atoms with Crippen LogP contribution in [0.5, 0.6) is 11.5 Å². The minimum absolute atomic E-state index is 0.344. The van der Waals surface area contributed by atoms with E-state index in [1.54, 1.807) is 0 Å². The normalized spacial score (nSPS) is 15.4. The Hall–Kier alpha value is -2.44. The summed E-state index contributed by atoms with van der Waals surface area (Å²) in [5.74, 6) is 5.11. The van der Waals surface area contributed by atoms with Crippen molar-refractivity contribution in [2.24, 2.45) is 0 Å². The van der Waals surface area contributed by atoms with Gasteiger partial charge in [0.15, 0.2) is 0 Å². The number of rotatable bonds is 9. The van der Waals surface area contributed by atoms with E-state index in [9.17, 15) is 0 Å². The van der Waals surface area contributed by atoms with Crippen molar-refractivity contribution in [3.63, 3.8) is 0 Å². The summed E-state index contributed by atoms with van der Waals surface area (Å²) in [4.78, 5) is 0. The molecule has 0 heterocycles. The van der Waals surface area contributed by atoms with E-state index < -0.39 is 0 Å². The molecule has 1 aliphatic carbocycles. The molecule has 0 saturated heterocycles. The summed E-state index contributed by atoms with van der Waals surface area (Å²) in [6.45, 7) is 6.30. The van der Waals surface area contributed by atoms with Gasteiger partial charge in [0.25, 0.3) is 0 Å². The first-order valence-corrected chi connectivity index (χ1v) is 9.83. The Kier molecular flexibility index (Phi) is 6.79. The second-order valence-electron chi connectivity index (χ2n) is 7.27. The van der Waals surface area contributed by atoms with E-state index in [2.05, 4.69) is 55.4 Å². The molecule has 1 aliphatic rings. The van der Waals surface area contributed by atoms with E-state index in [-0.39, 0.29) is 0 Å². The second-order valence-corrected chi connectivity index (χ2v) is 7.27. The maximum absolute atomic E-state index is 6.04. The van der Waals surface area contributed by atoms with Gasteiger partial charge in [-0.1, -0.05) is 44.0 Å². The zero-order valence-electron chi connectivity index (χ0n) is 16.3. The molecule has 0 bridgehead atoms. The van der Waals surface area contributed by atoms with Gasteiger partial charge in [0.1, 0.15) is 11.5 Å². The molecule has 2 aromatic rings. The van der Waals surface area contributed by atoms with Crippen LogP contribution in [-0.4, -0.2) is 19.8 Å². The van der Waals surface area contributed by atoms with Gasteiger partial charge in [-0.3, -0.25) is 5.32 Å². The first-order valence-electron chi connectivity index (χ1n) is 9.83. The van der Waals surface area contributed by atoms with Crippen molar-refractivity contribution in [1.82, 2.24) is 5.32 Å². The summed E-state index contributed by atoms with van der Waals surface area (Å²) in [6, 6.07) is 15.0. The van der Waals surface area contributed by atoms with E-state index in [0.29, 0.717) is 31.7 Å². The molecule has 0 saturated carbocycles. The molecule has 0 radical (unpaired) electrons. The third kappa shape index (κ3) is 5.05. The van der Waals surface area contributed by atoms with Crippen LogP contribution < -0.4 is 14.8 Å². The van der Waals surface area contributed by atoms with Crippen molar-refractivity contribution >= 4 is 0 Å². The van der Waals surface area contributed by atoms with Crippen molar-refractivity contribution in [1.29, 1.82) is 0 Å². The Morgan fingerprint density at radius 2 is 1.89 bits per heavy atom. The third-order valence-electron chi connectivity index (χ3n) is 5.04. The second kappa shape index (κ2) is 9.48. The fourth-order valence-corrected chi connectivity index (χ4v) is 3.53. The Bertz CT molecular complexity index is 774. The summed E-state index contributed by atoms with van der Waals surface area (Å²) in [6.07, 6.45) is 8.33. The predicted molar refractivity (Wildman–Crippen MR) is 110 cm³/mol. The van der Waals surface area contributed by atoms with Gasteiger partial charge in [0, 0.05) is 12.5 Å². The molecule has 0 spiro atoms. The highest BCUT2D eigenvalue weighted by atomic mass is 16.5. The van der Waals surface area contributed by atoms with Crippen LogP contribution in [0, 0.1) is 12.3 Å². The molecule has 142 valence electrons. The molecule has 3 heteroatoms. The number of nitrogens with one attached hydrogen (secondary N) is 1. The molecule has 1 atom stereocenters. The minimum Gasteiger partial charge on any atom is -0.493 e. The Morgan fingerprint density at radius 1 is 1.11 bits per heavy atom. The summed E-state index contributed by atoms with van der Waals surface area (Å²) < 4.78 is 11.9. The lowest BCUT2D eigenvalue weighted by Gasteiger charge is -2.14. The molecule has 1 unspecified atom stereocenters. The van der Waals surface area contributed by atoms with Crippen molar-refractivity contribution in [3.8, 4) is 23.8 Å². The van der Waals surface area contributed by atoms with E-state index in [1.807, 2.05) is 12.1 Å². The molecule has 3 rings (SSSR count). The third-order valence-corrected chi connectivity index (χ3v) is 5.04. The maximum Gasteiger partial charge on any atom is 0.122 e. The van der Waals surface area contributed by atoms with Crippen molar-refractivity contribution in [3.05, 3.63) is 59.2 Å². The monoisotopic (exact) mass is 363 g/mol. The largest absolute Gasteiger partial charge is 0.493 e. The van der Waals surface area contributed by atoms with Crippen LogP contribution in [0.2, 0.25) is 0 Å². The molecular formula is C24H29NO2. The van der Waals surface area contributed by atoms with Gasteiger partial charge < -0.3 is 9.47 Å². The smallest absolute Gasteiger partial charge is 0.122 e. The molecule has 0 amide bonds. The number of benzene rings is 2. The van der Waals surface area contributed by atoms with Gasteiger partial charge in [-0.2, -0.15) is 0 Å². The Balaban J connectivity index is 1.45. The van der Waals surface area contributed by atoms with Gasteiger partial charge in [-0.15, -0.1) is 6.42 Å². The summed E-state index contributed by atoms with van der Waals surface area (Å²) in [7, 11) is 0. The number of hydrogen-bond donors (Lipinski definition) is 1. The highest BCUT2D eigenvalue weighted by molar-refractivity contribution is 5.45. The average Bonchev–Trinajstić information content (AvgIpc) is 3.10. The molecule has 2 aromatic carbocycles. The number of terminal acetylenes is 1. The first-order chi connectivity index (χ1) is 13.2. The van der Waals surface area contributed by atoms with Gasteiger partial charge in [-0.05, 0) is 53.6 Å². The van der Waals surface area contributed by atoms with Crippen molar-refractivity contribution in [2.75, 3.05) is 19.8 Å². The van der Waals surface area contributed by atoms with Crippen LogP contribution in [0.15, 0.2) is 42.5 Å². The molecule has 3 nitrogen and oxygen atoms in total. The quantitative estimate of drug-likeness (QED) is 0.509. The number of fused-ring (bicyclic) bond motifs is 1. The molecule has 27 heavy (non-hydrogen) atoms. The van der Waals surface area contributed by atoms with Crippen LogP contribution in [0.1, 0.15) is 55.3 Å². The summed E-state index contributed by atoms with van der Waals surface area (Å²) in [5, 5.41) is 3.41. The Labute approximate surface area is 163 Å². The fraction of sp³-hybridized carbons (Fsp3) is 0.417. The van der Waals surface area contributed by atoms with Crippen LogP contribution >= 0.6 is 0 Å².